The lowest BCUT2D eigenvalue weighted by Gasteiger charge is -2.30. The van der Waals surface area contributed by atoms with Crippen LogP contribution in [-0.4, -0.2) is 14.7 Å². The van der Waals surface area contributed by atoms with Gasteiger partial charge in [-0.1, -0.05) is 67.6 Å². The summed E-state index contributed by atoms with van der Waals surface area (Å²) in [5, 5.41) is 11.7. The van der Waals surface area contributed by atoms with Crippen LogP contribution in [0.25, 0.3) is 0 Å². The highest BCUT2D eigenvalue weighted by atomic mass is 16.3. The molecule has 0 aliphatic heterocycles. The minimum absolute atomic E-state index is 0.779. The third kappa shape index (κ3) is 2.24. The molecule has 0 amide bonds. The van der Waals surface area contributed by atoms with Crippen molar-refractivity contribution in [2.45, 2.75) is 18.9 Å². The number of imidazole rings is 1. The minimum atomic E-state index is -1.21. The van der Waals surface area contributed by atoms with Crippen LogP contribution in [0, 0.1) is 0 Å². The minimum Gasteiger partial charge on any atom is -0.374 e. The molecule has 3 heteroatoms. The molecule has 3 aromatic rings. The van der Waals surface area contributed by atoms with Crippen molar-refractivity contribution in [2.75, 3.05) is 0 Å². The van der Waals surface area contributed by atoms with E-state index in [0.29, 0.717) is 0 Å². The molecule has 0 saturated heterocycles. The quantitative estimate of drug-likeness (QED) is 0.801. The second-order valence-electron chi connectivity index (χ2n) is 5.41. The molecule has 0 saturated carbocycles. The lowest BCUT2D eigenvalue weighted by molar-refractivity contribution is 0.117. The fourth-order valence-electron chi connectivity index (χ4n) is 2.93. The average molecular weight is 292 g/mol. The first kappa shape index (κ1) is 14.5. The molecule has 1 aromatic heterocycles. The summed E-state index contributed by atoms with van der Waals surface area (Å²) in [6, 6.07) is 19.5. The summed E-state index contributed by atoms with van der Waals surface area (Å²) in [6.07, 6.45) is 2.61. The van der Waals surface area contributed by atoms with Crippen molar-refractivity contribution in [3.8, 4) is 0 Å². The van der Waals surface area contributed by atoms with Gasteiger partial charge in [0.15, 0.2) is 5.60 Å². The number of aliphatic hydroxyl groups is 1. The summed E-state index contributed by atoms with van der Waals surface area (Å²) < 4.78 is 1.99. The molecule has 0 unspecified atom stereocenters. The average Bonchev–Trinajstić information content (AvgIpc) is 2.97. The zero-order valence-electron chi connectivity index (χ0n) is 12.9. The highest BCUT2D eigenvalue weighted by Crippen LogP contribution is 2.36. The van der Waals surface area contributed by atoms with Gasteiger partial charge in [-0.3, -0.25) is 0 Å². The van der Waals surface area contributed by atoms with Gasteiger partial charge in [-0.2, -0.15) is 0 Å². The van der Waals surface area contributed by atoms with Crippen LogP contribution in [0.4, 0.5) is 0 Å². The molecule has 0 fully saturated rings. The molecule has 0 atom stereocenters. The molecule has 0 bridgehead atoms. The summed E-state index contributed by atoms with van der Waals surface area (Å²) in [4.78, 5) is 4.45. The molecule has 112 valence electrons. The van der Waals surface area contributed by atoms with Crippen LogP contribution in [0.15, 0.2) is 66.9 Å². The number of aryl methyl sites for hydroxylation is 1. The molecular formula is C19H20N2O. The van der Waals surface area contributed by atoms with E-state index in [4.69, 9.17) is 0 Å². The van der Waals surface area contributed by atoms with Gasteiger partial charge in [0.2, 0.25) is 0 Å². The van der Waals surface area contributed by atoms with Gasteiger partial charge in [-0.05, 0) is 11.1 Å². The molecule has 0 aliphatic rings. The standard InChI is InChI=1S/C19H20N2O/c1-3-18-20-14-17(21(18)2)19(22,15-10-6-4-7-11-15)16-12-8-5-9-13-16/h4-14,22H,3H2,1-2H3. The van der Waals surface area contributed by atoms with Gasteiger partial charge in [0.1, 0.15) is 5.82 Å². The van der Waals surface area contributed by atoms with E-state index >= 15 is 0 Å². The van der Waals surface area contributed by atoms with E-state index in [1.807, 2.05) is 72.3 Å². The molecule has 2 aromatic carbocycles. The van der Waals surface area contributed by atoms with Crippen molar-refractivity contribution < 1.29 is 5.11 Å². The molecule has 1 heterocycles. The lowest BCUT2D eigenvalue weighted by atomic mass is 9.83. The zero-order chi connectivity index (χ0) is 15.6. The van der Waals surface area contributed by atoms with Crippen molar-refractivity contribution >= 4 is 0 Å². The third-order valence-electron chi connectivity index (χ3n) is 4.15. The SMILES string of the molecule is CCc1ncc(C(O)(c2ccccc2)c2ccccc2)n1C. The first-order chi connectivity index (χ1) is 10.7. The van der Waals surface area contributed by atoms with Gasteiger partial charge in [-0.25, -0.2) is 4.98 Å². The maximum absolute atomic E-state index is 11.7. The van der Waals surface area contributed by atoms with Gasteiger partial charge in [0.05, 0.1) is 11.9 Å². The first-order valence-electron chi connectivity index (χ1n) is 7.52. The van der Waals surface area contributed by atoms with Gasteiger partial charge in [0.25, 0.3) is 0 Å². The Labute approximate surface area is 130 Å². The summed E-state index contributed by atoms with van der Waals surface area (Å²) in [5.41, 5.74) is 1.25. The number of aromatic nitrogens is 2. The fraction of sp³-hybridized carbons (Fsp3) is 0.211. The van der Waals surface area contributed by atoms with Gasteiger partial charge in [0, 0.05) is 13.5 Å². The summed E-state index contributed by atoms with van der Waals surface area (Å²) in [6.45, 7) is 2.07. The summed E-state index contributed by atoms with van der Waals surface area (Å²) in [7, 11) is 1.96. The second kappa shape index (κ2) is 5.78. The lowest BCUT2D eigenvalue weighted by Crippen LogP contribution is -2.31. The third-order valence-corrected chi connectivity index (χ3v) is 4.15. The van der Waals surface area contributed by atoms with Crippen LogP contribution in [0.2, 0.25) is 0 Å². The molecule has 0 radical (unpaired) electrons. The Morgan fingerprint density at radius 1 is 0.955 bits per heavy atom. The van der Waals surface area contributed by atoms with E-state index in [1.165, 1.54) is 0 Å². The summed E-state index contributed by atoms with van der Waals surface area (Å²) in [5.74, 6) is 0.959. The Balaban J connectivity index is 2.26. The Morgan fingerprint density at radius 3 is 1.86 bits per heavy atom. The van der Waals surface area contributed by atoms with Crippen molar-refractivity contribution in [3.05, 3.63) is 89.5 Å². The Kier molecular flexibility index (Phi) is 3.82. The molecule has 3 nitrogen and oxygen atoms in total. The first-order valence-corrected chi connectivity index (χ1v) is 7.52. The predicted molar refractivity (Wildman–Crippen MR) is 87.6 cm³/mol. The van der Waals surface area contributed by atoms with E-state index in [2.05, 4.69) is 11.9 Å². The smallest absolute Gasteiger partial charge is 0.156 e. The highest BCUT2D eigenvalue weighted by molar-refractivity contribution is 5.44. The van der Waals surface area contributed by atoms with Crippen LogP contribution in [0.5, 0.6) is 0 Å². The van der Waals surface area contributed by atoms with Crippen LogP contribution in [-0.2, 0) is 19.1 Å². The van der Waals surface area contributed by atoms with E-state index in [-0.39, 0.29) is 0 Å². The number of nitrogens with zero attached hydrogens (tertiary/aromatic N) is 2. The number of rotatable bonds is 4. The molecule has 1 N–H and O–H groups in total. The molecule has 3 rings (SSSR count). The van der Waals surface area contributed by atoms with Crippen molar-refractivity contribution in [1.82, 2.24) is 9.55 Å². The predicted octanol–water partition coefficient (Wildman–Crippen LogP) is 3.27. The van der Waals surface area contributed by atoms with Crippen molar-refractivity contribution in [2.24, 2.45) is 7.05 Å². The van der Waals surface area contributed by atoms with E-state index in [1.54, 1.807) is 6.20 Å². The Bertz CT molecular complexity index is 708. The maximum atomic E-state index is 11.7. The molecular weight excluding hydrogens is 272 g/mol. The summed E-state index contributed by atoms with van der Waals surface area (Å²) >= 11 is 0. The Morgan fingerprint density at radius 2 is 1.45 bits per heavy atom. The van der Waals surface area contributed by atoms with E-state index in [0.717, 1.165) is 29.1 Å². The normalized spacial score (nSPS) is 11.6. The van der Waals surface area contributed by atoms with Gasteiger partial charge < -0.3 is 9.67 Å². The van der Waals surface area contributed by atoms with Crippen molar-refractivity contribution in [1.29, 1.82) is 0 Å². The van der Waals surface area contributed by atoms with E-state index in [9.17, 15) is 5.11 Å². The monoisotopic (exact) mass is 292 g/mol. The number of benzene rings is 2. The molecule has 0 aliphatic carbocycles. The number of hydrogen-bond donors (Lipinski definition) is 1. The number of hydrogen-bond acceptors (Lipinski definition) is 2. The van der Waals surface area contributed by atoms with Gasteiger partial charge in [-0.15, -0.1) is 0 Å². The Hall–Kier alpha value is -2.39. The second-order valence-corrected chi connectivity index (χ2v) is 5.41. The van der Waals surface area contributed by atoms with Gasteiger partial charge >= 0.3 is 0 Å². The maximum Gasteiger partial charge on any atom is 0.156 e. The van der Waals surface area contributed by atoms with Crippen LogP contribution in [0.1, 0.15) is 29.6 Å². The van der Waals surface area contributed by atoms with Crippen LogP contribution >= 0.6 is 0 Å². The van der Waals surface area contributed by atoms with E-state index < -0.39 is 5.60 Å². The largest absolute Gasteiger partial charge is 0.374 e. The van der Waals surface area contributed by atoms with Crippen LogP contribution in [0.3, 0.4) is 0 Å². The topological polar surface area (TPSA) is 38.1 Å². The fourth-order valence-corrected chi connectivity index (χ4v) is 2.93. The highest BCUT2D eigenvalue weighted by Gasteiger charge is 2.36. The zero-order valence-corrected chi connectivity index (χ0v) is 12.9. The van der Waals surface area contributed by atoms with Crippen molar-refractivity contribution in [3.63, 3.8) is 0 Å². The molecule has 22 heavy (non-hydrogen) atoms. The molecule has 0 spiro atoms. The van der Waals surface area contributed by atoms with Crippen LogP contribution < -0.4 is 0 Å².